The third-order valence-electron chi connectivity index (χ3n) is 6.01. The molecule has 1 fully saturated rings. The molecule has 1 aliphatic rings. The van der Waals surface area contributed by atoms with E-state index in [0.29, 0.717) is 18.5 Å². The van der Waals surface area contributed by atoms with Crippen molar-refractivity contribution in [1.29, 1.82) is 0 Å². The maximum Gasteiger partial charge on any atom is 0.315 e. The van der Waals surface area contributed by atoms with Gasteiger partial charge in [-0.3, -0.25) is 0 Å². The Bertz CT molecular complexity index is 1080. The van der Waals surface area contributed by atoms with Crippen molar-refractivity contribution in [2.45, 2.75) is 44.3 Å². The molecular weight excluding hydrogens is 416 g/mol. The first-order chi connectivity index (χ1) is 16.0. The highest BCUT2D eigenvalue weighted by atomic mass is 16.5. The number of ether oxygens (including phenoxy) is 1. The summed E-state index contributed by atoms with van der Waals surface area (Å²) in [5.41, 5.74) is 1.97. The lowest BCUT2D eigenvalue weighted by Crippen LogP contribution is -2.44. The number of nitrogens with one attached hydrogen (secondary N) is 3. The second kappa shape index (κ2) is 10.4. The number of nitrogens with zero attached hydrogens (tertiary/aromatic N) is 3. The Kier molecular flexibility index (Phi) is 7.12. The molecule has 0 atom stereocenters. The molecule has 33 heavy (non-hydrogen) atoms. The number of urea groups is 1. The normalized spacial score (nSPS) is 17.9. The minimum absolute atomic E-state index is 0.129. The molecule has 2 amide bonds. The number of carbonyl (C=O) groups is 1. The van der Waals surface area contributed by atoms with E-state index in [1.165, 1.54) is 0 Å². The van der Waals surface area contributed by atoms with E-state index in [4.69, 9.17) is 14.7 Å². The fraction of sp³-hybridized carbons (Fsp3) is 0.400. The smallest absolute Gasteiger partial charge is 0.315 e. The minimum atomic E-state index is -0.129. The number of amides is 2. The molecule has 3 N–H and O–H groups in total. The fourth-order valence-electron chi connectivity index (χ4n) is 4.19. The van der Waals surface area contributed by atoms with Gasteiger partial charge < -0.3 is 25.6 Å². The van der Waals surface area contributed by atoms with Crippen LogP contribution >= 0.6 is 0 Å². The first-order valence-corrected chi connectivity index (χ1v) is 11.4. The van der Waals surface area contributed by atoms with Crippen LogP contribution in [-0.2, 0) is 6.54 Å². The summed E-state index contributed by atoms with van der Waals surface area (Å²) in [6.45, 7) is 0.486. The number of hydrogen-bond donors (Lipinski definition) is 3. The van der Waals surface area contributed by atoms with E-state index in [9.17, 15) is 4.79 Å². The molecular formula is C25H32N6O2. The van der Waals surface area contributed by atoms with Crippen LogP contribution in [0.15, 0.2) is 48.5 Å². The number of rotatable bonds is 7. The largest absolute Gasteiger partial charge is 0.497 e. The summed E-state index contributed by atoms with van der Waals surface area (Å²) in [5.74, 6) is 2.37. The summed E-state index contributed by atoms with van der Waals surface area (Å²) in [6, 6.07) is 16.1. The summed E-state index contributed by atoms with van der Waals surface area (Å²) in [7, 11) is 5.63. The SMILES string of the molecule is COc1ccc(CNC(=O)N[C@H]2CC[C@@H](Nc3nc(N(C)C)c4ccccc4n3)CC2)cc1. The van der Waals surface area contributed by atoms with E-state index >= 15 is 0 Å². The first kappa shape index (κ1) is 22.6. The molecule has 3 aromatic rings. The molecule has 1 saturated carbocycles. The van der Waals surface area contributed by atoms with Crippen LogP contribution < -0.4 is 25.6 Å². The fourth-order valence-corrected chi connectivity index (χ4v) is 4.19. The van der Waals surface area contributed by atoms with Gasteiger partial charge in [-0.05, 0) is 55.5 Å². The molecule has 0 spiro atoms. The lowest BCUT2D eigenvalue weighted by atomic mass is 9.91. The Hall–Kier alpha value is -3.55. The van der Waals surface area contributed by atoms with Crippen molar-refractivity contribution < 1.29 is 9.53 Å². The highest BCUT2D eigenvalue weighted by Crippen LogP contribution is 2.26. The van der Waals surface area contributed by atoms with E-state index in [1.807, 2.05) is 67.5 Å². The van der Waals surface area contributed by atoms with Crippen molar-refractivity contribution in [3.63, 3.8) is 0 Å². The lowest BCUT2D eigenvalue weighted by Gasteiger charge is -2.30. The Balaban J connectivity index is 1.26. The molecule has 2 aromatic carbocycles. The van der Waals surface area contributed by atoms with Gasteiger partial charge in [0.05, 0.1) is 12.6 Å². The van der Waals surface area contributed by atoms with Gasteiger partial charge in [-0.25, -0.2) is 9.78 Å². The summed E-state index contributed by atoms with van der Waals surface area (Å²) < 4.78 is 5.16. The lowest BCUT2D eigenvalue weighted by molar-refractivity contribution is 0.231. The second-order valence-electron chi connectivity index (χ2n) is 8.65. The average Bonchev–Trinajstić information content (AvgIpc) is 2.83. The van der Waals surface area contributed by atoms with E-state index < -0.39 is 0 Å². The summed E-state index contributed by atoms with van der Waals surface area (Å²) in [6.07, 6.45) is 3.75. The van der Waals surface area contributed by atoms with Crippen LogP contribution in [0.1, 0.15) is 31.2 Å². The number of methoxy groups -OCH3 is 1. The van der Waals surface area contributed by atoms with Gasteiger partial charge in [0.2, 0.25) is 5.95 Å². The van der Waals surface area contributed by atoms with Crippen LogP contribution in [0, 0.1) is 0 Å². The molecule has 0 radical (unpaired) electrons. The van der Waals surface area contributed by atoms with Crippen LogP contribution in [-0.4, -0.2) is 49.3 Å². The minimum Gasteiger partial charge on any atom is -0.497 e. The average molecular weight is 449 g/mol. The van der Waals surface area contributed by atoms with E-state index in [1.54, 1.807) is 7.11 Å². The quantitative estimate of drug-likeness (QED) is 0.507. The van der Waals surface area contributed by atoms with Gasteiger partial charge in [0.1, 0.15) is 11.6 Å². The van der Waals surface area contributed by atoms with Gasteiger partial charge in [0.15, 0.2) is 0 Å². The van der Waals surface area contributed by atoms with Crippen molar-refractivity contribution >= 4 is 28.7 Å². The van der Waals surface area contributed by atoms with Crippen LogP contribution in [0.4, 0.5) is 16.6 Å². The van der Waals surface area contributed by atoms with Crippen LogP contribution in [0.2, 0.25) is 0 Å². The van der Waals surface area contributed by atoms with E-state index in [-0.39, 0.29) is 12.1 Å². The van der Waals surface area contributed by atoms with Crippen molar-refractivity contribution in [2.24, 2.45) is 0 Å². The molecule has 4 rings (SSSR count). The van der Waals surface area contributed by atoms with Gasteiger partial charge in [0, 0.05) is 38.1 Å². The molecule has 0 unspecified atom stereocenters. The van der Waals surface area contributed by atoms with E-state index in [0.717, 1.165) is 53.7 Å². The van der Waals surface area contributed by atoms with Gasteiger partial charge >= 0.3 is 6.03 Å². The predicted octanol–water partition coefficient (Wildman–Crippen LogP) is 3.93. The molecule has 0 saturated heterocycles. The maximum atomic E-state index is 12.3. The number of aromatic nitrogens is 2. The highest BCUT2D eigenvalue weighted by Gasteiger charge is 2.23. The van der Waals surface area contributed by atoms with Crippen LogP contribution in [0.5, 0.6) is 5.75 Å². The molecule has 8 nitrogen and oxygen atoms in total. The standard InChI is InChI=1S/C25H32N6O2/c1-31(2)23-21-6-4-5-7-22(21)29-24(30-23)27-18-10-12-19(13-11-18)28-25(32)26-16-17-8-14-20(33-3)15-9-17/h4-9,14-15,18-19H,10-13,16H2,1-3H3,(H2,26,28,32)(H,27,29,30)/t18-,19+. The van der Waals surface area contributed by atoms with Crippen molar-refractivity contribution in [3.8, 4) is 5.75 Å². The predicted molar refractivity (Wildman–Crippen MR) is 132 cm³/mol. The number of para-hydroxylation sites is 1. The van der Waals surface area contributed by atoms with Crippen LogP contribution in [0.25, 0.3) is 10.9 Å². The third kappa shape index (κ3) is 5.83. The zero-order valence-electron chi connectivity index (χ0n) is 19.5. The zero-order valence-corrected chi connectivity index (χ0v) is 19.5. The number of anilines is 2. The Labute approximate surface area is 194 Å². The van der Waals surface area contributed by atoms with Gasteiger partial charge in [-0.2, -0.15) is 4.98 Å². The summed E-state index contributed by atoms with van der Waals surface area (Å²) >= 11 is 0. The molecule has 1 heterocycles. The van der Waals surface area contributed by atoms with E-state index in [2.05, 4.69) is 16.0 Å². The second-order valence-corrected chi connectivity index (χ2v) is 8.65. The van der Waals surface area contributed by atoms with Gasteiger partial charge in [0.25, 0.3) is 0 Å². The summed E-state index contributed by atoms with van der Waals surface area (Å²) in [4.78, 5) is 23.8. The zero-order chi connectivity index (χ0) is 23.2. The van der Waals surface area contributed by atoms with Crippen molar-refractivity contribution in [3.05, 3.63) is 54.1 Å². The Morgan fingerprint density at radius 1 is 1.00 bits per heavy atom. The van der Waals surface area contributed by atoms with Gasteiger partial charge in [-0.15, -0.1) is 0 Å². The number of carbonyl (C=O) groups excluding carboxylic acids is 1. The third-order valence-corrected chi connectivity index (χ3v) is 6.01. The molecule has 174 valence electrons. The van der Waals surface area contributed by atoms with Crippen molar-refractivity contribution in [1.82, 2.24) is 20.6 Å². The first-order valence-electron chi connectivity index (χ1n) is 11.4. The van der Waals surface area contributed by atoms with Gasteiger partial charge in [-0.1, -0.05) is 24.3 Å². The maximum absolute atomic E-state index is 12.3. The molecule has 1 aliphatic carbocycles. The van der Waals surface area contributed by atoms with Crippen molar-refractivity contribution in [2.75, 3.05) is 31.4 Å². The topological polar surface area (TPSA) is 91.4 Å². The number of hydrogen-bond acceptors (Lipinski definition) is 6. The molecule has 0 bridgehead atoms. The highest BCUT2D eigenvalue weighted by molar-refractivity contribution is 5.90. The Morgan fingerprint density at radius 3 is 2.39 bits per heavy atom. The molecule has 1 aromatic heterocycles. The number of benzene rings is 2. The number of fused-ring (bicyclic) bond motifs is 1. The summed E-state index contributed by atoms with van der Waals surface area (Å²) in [5, 5.41) is 10.6. The Morgan fingerprint density at radius 2 is 1.70 bits per heavy atom. The monoisotopic (exact) mass is 448 g/mol. The molecule has 0 aliphatic heterocycles. The van der Waals surface area contributed by atoms with Crippen LogP contribution in [0.3, 0.4) is 0 Å². The molecule has 8 heteroatoms.